The van der Waals surface area contributed by atoms with Gasteiger partial charge in [-0.05, 0) is 73.7 Å². The number of nitrogens with zero attached hydrogens (tertiary/aromatic N) is 1. The molecule has 0 fully saturated rings. The molecule has 0 saturated heterocycles. The minimum Gasteiger partial charge on any atom is -0.429 e. The van der Waals surface area contributed by atoms with Crippen LogP contribution in [0, 0.1) is 18.6 Å². The fourth-order valence-electron chi connectivity index (χ4n) is 3.76. The molecule has 0 atom stereocenters. The van der Waals surface area contributed by atoms with Gasteiger partial charge in [0, 0.05) is 19.2 Å². The maximum Gasteiger partial charge on any atom is 0.298 e. The Morgan fingerprint density at radius 1 is 0.781 bits per heavy atom. The van der Waals surface area contributed by atoms with E-state index in [9.17, 15) is 13.6 Å². The van der Waals surface area contributed by atoms with Gasteiger partial charge in [-0.1, -0.05) is 48.4 Å². The van der Waals surface area contributed by atoms with Crippen molar-refractivity contribution in [1.82, 2.24) is 4.90 Å². The molecule has 0 bridgehead atoms. The van der Waals surface area contributed by atoms with Gasteiger partial charge in [-0.15, -0.1) is 0 Å². The topological polar surface area (TPSA) is 29.5 Å². The number of unbranched alkanes of at least 4 members (excludes halogenated alkanes) is 2. The maximum atomic E-state index is 13.7. The second-order valence-electron chi connectivity index (χ2n) is 8.14. The van der Waals surface area contributed by atoms with E-state index in [1.807, 2.05) is 12.1 Å². The average Bonchev–Trinajstić information content (AvgIpc) is 2.75. The van der Waals surface area contributed by atoms with E-state index in [1.165, 1.54) is 23.3 Å². The maximum absolute atomic E-state index is 13.7. The van der Waals surface area contributed by atoms with Crippen LogP contribution in [0.4, 0.5) is 8.78 Å². The molecule has 0 saturated carbocycles. The zero-order valence-corrected chi connectivity index (χ0v) is 18.4. The Labute approximate surface area is 188 Å². The molecular formula is C27H29F2NO2. The monoisotopic (exact) mass is 437 g/mol. The van der Waals surface area contributed by atoms with Crippen LogP contribution in [-0.2, 0) is 24.3 Å². The molecule has 3 rings (SSSR count). The van der Waals surface area contributed by atoms with Gasteiger partial charge in [0.15, 0.2) is 0 Å². The van der Waals surface area contributed by atoms with E-state index in [-0.39, 0.29) is 0 Å². The summed E-state index contributed by atoms with van der Waals surface area (Å²) in [4.78, 5) is 12.7. The van der Waals surface area contributed by atoms with Crippen molar-refractivity contribution in [1.29, 1.82) is 0 Å². The first-order chi connectivity index (χ1) is 15.5. The molecule has 5 heteroatoms. The Morgan fingerprint density at radius 3 is 2.06 bits per heavy atom. The SMILES string of the molecule is Cc1ccc(CCCCCN(Cc2ccc(OC=O)cc2)Cc2cc(F)cc(F)c2)cc1. The quantitative estimate of drug-likeness (QED) is 0.249. The summed E-state index contributed by atoms with van der Waals surface area (Å²) >= 11 is 0. The second kappa shape index (κ2) is 12.1. The molecule has 0 spiro atoms. The summed E-state index contributed by atoms with van der Waals surface area (Å²) in [6, 6.07) is 19.6. The predicted molar refractivity (Wildman–Crippen MR) is 122 cm³/mol. The van der Waals surface area contributed by atoms with Gasteiger partial charge in [-0.3, -0.25) is 9.69 Å². The summed E-state index contributed by atoms with van der Waals surface area (Å²) in [5.41, 5.74) is 4.27. The van der Waals surface area contributed by atoms with E-state index in [1.54, 1.807) is 12.1 Å². The molecule has 0 heterocycles. The molecule has 0 aromatic heterocycles. The molecule has 0 amide bonds. The largest absolute Gasteiger partial charge is 0.429 e. The highest BCUT2D eigenvalue weighted by atomic mass is 19.1. The smallest absolute Gasteiger partial charge is 0.298 e. The van der Waals surface area contributed by atoms with E-state index in [0.29, 0.717) is 30.9 Å². The number of carbonyl (C=O) groups excluding carboxylic acids is 1. The van der Waals surface area contributed by atoms with Crippen LogP contribution < -0.4 is 4.74 Å². The van der Waals surface area contributed by atoms with Crippen molar-refractivity contribution in [2.24, 2.45) is 0 Å². The van der Waals surface area contributed by atoms with Crippen LogP contribution in [0.2, 0.25) is 0 Å². The van der Waals surface area contributed by atoms with Gasteiger partial charge in [-0.2, -0.15) is 0 Å². The highest BCUT2D eigenvalue weighted by Crippen LogP contribution is 2.17. The zero-order chi connectivity index (χ0) is 22.8. The Hall–Kier alpha value is -3.05. The van der Waals surface area contributed by atoms with Gasteiger partial charge < -0.3 is 4.74 Å². The van der Waals surface area contributed by atoms with Gasteiger partial charge in [0.05, 0.1) is 0 Å². The molecule has 0 aliphatic heterocycles. The van der Waals surface area contributed by atoms with Gasteiger partial charge in [0.25, 0.3) is 6.47 Å². The predicted octanol–water partition coefficient (Wildman–Crippen LogP) is 6.22. The Balaban J connectivity index is 1.57. The lowest BCUT2D eigenvalue weighted by atomic mass is 10.1. The fraction of sp³-hybridized carbons (Fsp3) is 0.296. The number of halogens is 2. The fourth-order valence-corrected chi connectivity index (χ4v) is 3.76. The summed E-state index contributed by atoms with van der Waals surface area (Å²) < 4.78 is 32.2. The summed E-state index contributed by atoms with van der Waals surface area (Å²) in [5.74, 6) is -0.638. The summed E-state index contributed by atoms with van der Waals surface area (Å²) in [5, 5.41) is 0. The third kappa shape index (κ3) is 7.89. The van der Waals surface area contributed by atoms with E-state index in [4.69, 9.17) is 4.74 Å². The van der Waals surface area contributed by atoms with Crippen molar-refractivity contribution in [2.45, 2.75) is 45.7 Å². The van der Waals surface area contributed by atoms with Crippen LogP contribution in [0.5, 0.6) is 5.75 Å². The van der Waals surface area contributed by atoms with Crippen molar-refractivity contribution < 1.29 is 18.3 Å². The lowest BCUT2D eigenvalue weighted by Crippen LogP contribution is -2.24. The minimum atomic E-state index is -0.562. The number of ether oxygens (including phenoxy) is 1. The molecule has 32 heavy (non-hydrogen) atoms. The van der Waals surface area contributed by atoms with E-state index < -0.39 is 11.6 Å². The number of benzene rings is 3. The van der Waals surface area contributed by atoms with E-state index in [2.05, 4.69) is 36.1 Å². The van der Waals surface area contributed by atoms with Gasteiger partial charge in [0.1, 0.15) is 17.4 Å². The normalized spacial score (nSPS) is 11.0. The standard InChI is InChI=1S/C27H29F2NO2/c1-21-6-8-22(9-7-21)5-3-2-4-14-30(19-24-15-25(28)17-26(29)16-24)18-23-10-12-27(13-11-23)32-20-31/h6-13,15-17,20H,2-5,14,18-19H2,1H3. The molecule has 0 radical (unpaired) electrons. The molecule has 3 aromatic rings. The average molecular weight is 438 g/mol. The van der Waals surface area contributed by atoms with Gasteiger partial charge in [-0.25, -0.2) is 8.78 Å². The van der Waals surface area contributed by atoms with E-state index in [0.717, 1.165) is 43.9 Å². The number of aryl methyl sites for hydroxylation is 2. The number of hydrogen-bond donors (Lipinski definition) is 0. The zero-order valence-electron chi connectivity index (χ0n) is 18.4. The summed E-state index contributed by atoms with van der Waals surface area (Å²) in [6.07, 6.45) is 4.22. The molecular weight excluding hydrogens is 408 g/mol. The molecule has 0 aliphatic rings. The lowest BCUT2D eigenvalue weighted by molar-refractivity contribution is -0.120. The van der Waals surface area contributed by atoms with Crippen molar-refractivity contribution in [3.05, 3.63) is 101 Å². The first-order valence-electron chi connectivity index (χ1n) is 10.9. The minimum absolute atomic E-state index is 0.399. The van der Waals surface area contributed by atoms with Crippen LogP contribution in [0.3, 0.4) is 0 Å². The number of carbonyl (C=O) groups is 1. The molecule has 168 valence electrons. The first-order valence-corrected chi connectivity index (χ1v) is 10.9. The Morgan fingerprint density at radius 2 is 1.41 bits per heavy atom. The van der Waals surface area contributed by atoms with Crippen LogP contribution in [-0.4, -0.2) is 17.9 Å². The highest BCUT2D eigenvalue weighted by molar-refractivity contribution is 5.45. The molecule has 0 aliphatic carbocycles. The third-order valence-electron chi connectivity index (χ3n) is 5.40. The van der Waals surface area contributed by atoms with Gasteiger partial charge >= 0.3 is 0 Å². The third-order valence-corrected chi connectivity index (χ3v) is 5.40. The van der Waals surface area contributed by atoms with Gasteiger partial charge in [0.2, 0.25) is 0 Å². The molecule has 0 N–H and O–H groups in total. The van der Waals surface area contributed by atoms with E-state index >= 15 is 0 Å². The van der Waals surface area contributed by atoms with Crippen LogP contribution >= 0.6 is 0 Å². The Bertz CT molecular complexity index is 967. The van der Waals surface area contributed by atoms with Crippen molar-refractivity contribution in [2.75, 3.05) is 6.54 Å². The highest BCUT2D eigenvalue weighted by Gasteiger charge is 2.10. The lowest BCUT2D eigenvalue weighted by Gasteiger charge is -2.23. The number of rotatable bonds is 12. The molecule has 3 aromatic carbocycles. The van der Waals surface area contributed by atoms with Crippen LogP contribution in [0.1, 0.15) is 41.5 Å². The van der Waals surface area contributed by atoms with Crippen LogP contribution in [0.25, 0.3) is 0 Å². The summed E-state index contributed by atoms with van der Waals surface area (Å²) in [6.45, 7) is 4.40. The second-order valence-corrected chi connectivity index (χ2v) is 8.14. The Kier molecular flexibility index (Phi) is 8.93. The van der Waals surface area contributed by atoms with Crippen molar-refractivity contribution in [3.63, 3.8) is 0 Å². The van der Waals surface area contributed by atoms with Crippen molar-refractivity contribution >= 4 is 6.47 Å². The molecule has 3 nitrogen and oxygen atoms in total. The van der Waals surface area contributed by atoms with Crippen molar-refractivity contribution in [3.8, 4) is 5.75 Å². The summed E-state index contributed by atoms with van der Waals surface area (Å²) in [7, 11) is 0. The molecule has 0 unspecified atom stereocenters. The first kappa shape index (κ1) is 23.6. The van der Waals surface area contributed by atoms with Crippen LogP contribution in [0.15, 0.2) is 66.7 Å². The number of hydrogen-bond acceptors (Lipinski definition) is 3.